The molecule has 1 aliphatic heterocycles. The second kappa shape index (κ2) is 6.36. The molecule has 2 atom stereocenters. The van der Waals surface area contributed by atoms with Crippen LogP contribution in [-0.4, -0.2) is 30.7 Å². The Morgan fingerprint density at radius 1 is 1.12 bits per heavy atom. The third kappa shape index (κ3) is 3.68. The van der Waals surface area contributed by atoms with Crippen molar-refractivity contribution in [1.82, 2.24) is 5.32 Å². The molecule has 0 bridgehead atoms. The highest BCUT2D eigenvalue weighted by molar-refractivity contribution is 5.81. The van der Waals surface area contributed by atoms with Gasteiger partial charge in [-0.1, -0.05) is 25.7 Å². The predicted molar refractivity (Wildman–Crippen MR) is 66.6 cm³/mol. The number of carbonyl (C=O) groups excluding carboxylic acids is 1. The van der Waals surface area contributed by atoms with Crippen LogP contribution in [0.15, 0.2) is 0 Å². The minimum absolute atomic E-state index is 0.0767. The molecule has 2 rings (SSSR count). The number of hydrogen-bond acceptors (Lipinski definition) is 3. The van der Waals surface area contributed by atoms with Crippen LogP contribution in [0.25, 0.3) is 0 Å². The molecule has 0 aromatic heterocycles. The van der Waals surface area contributed by atoms with Crippen LogP contribution in [0.2, 0.25) is 0 Å². The molecule has 3 N–H and O–H groups in total. The SMILES string of the molecule is NCC1CCC(C(=O)NC2CCCCCC2)O1. The van der Waals surface area contributed by atoms with Gasteiger partial charge in [0.2, 0.25) is 5.91 Å². The van der Waals surface area contributed by atoms with Gasteiger partial charge < -0.3 is 15.8 Å². The van der Waals surface area contributed by atoms with Gasteiger partial charge in [-0.15, -0.1) is 0 Å². The molecule has 0 aromatic rings. The van der Waals surface area contributed by atoms with E-state index in [1.807, 2.05) is 0 Å². The molecule has 0 aromatic carbocycles. The monoisotopic (exact) mass is 240 g/mol. The van der Waals surface area contributed by atoms with Gasteiger partial charge in [0.05, 0.1) is 6.10 Å². The molecule has 1 amide bonds. The number of nitrogens with two attached hydrogens (primary N) is 1. The van der Waals surface area contributed by atoms with E-state index < -0.39 is 0 Å². The third-order valence-corrected chi connectivity index (χ3v) is 3.86. The van der Waals surface area contributed by atoms with Crippen LogP contribution in [0, 0.1) is 0 Å². The summed E-state index contributed by atoms with van der Waals surface area (Å²) in [6.45, 7) is 0.521. The topological polar surface area (TPSA) is 64.4 Å². The van der Waals surface area contributed by atoms with Crippen molar-refractivity contribution >= 4 is 5.91 Å². The summed E-state index contributed by atoms with van der Waals surface area (Å²) in [5, 5.41) is 3.14. The number of ether oxygens (including phenoxy) is 1. The lowest BCUT2D eigenvalue weighted by atomic mass is 10.1. The van der Waals surface area contributed by atoms with Crippen LogP contribution in [0.3, 0.4) is 0 Å². The molecular weight excluding hydrogens is 216 g/mol. The van der Waals surface area contributed by atoms with Crippen molar-refractivity contribution in [3.63, 3.8) is 0 Å². The summed E-state index contributed by atoms with van der Waals surface area (Å²) in [6.07, 6.45) is 8.90. The lowest BCUT2D eigenvalue weighted by molar-refractivity contribution is -0.132. The highest BCUT2D eigenvalue weighted by atomic mass is 16.5. The number of carbonyl (C=O) groups is 1. The Morgan fingerprint density at radius 3 is 2.41 bits per heavy atom. The minimum atomic E-state index is -0.258. The van der Waals surface area contributed by atoms with Crippen LogP contribution in [0.4, 0.5) is 0 Å². The minimum Gasteiger partial charge on any atom is -0.364 e. The largest absolute Gasteiger partial charge is 0.364 e. The van der Waals surface area contributed by atoms with Crippen molar-refractivity contribution in [3.05, 3.63) is 0 Å². The van der Waals surface area contributed by atoms with Crippen LogP contribution in [0.1, 0.15) is 51.4 Å². The van der Waals surface area contributed by atoms with Crippen molar-refractivity contribution in [2.45, 2.75) is 69.6 Å². The lowest BCUT2D eigenvalue weighted by Crippen LogP contribution is -2.41. The number of hydrogen-bond donors (Lipinski definition) is 2. The van der Waals surface area contributed by atoms with Crippen molar-refractivity contribution in [2.75, 3.05) is 6.54 Å². The van der Waals surface area contributed by atoms with Crippen LogP contribution in [0.5, 0.6) is 0 Å². The second-order valence-corrected chi connectivity index (χ2v) is 5.26. The highest BCUT2D eigenvalue weighted by Gasteiger charge is 2.30. The Balaban J connectivity index is 1.76. The summed E-state index contributed by atoms with van der Waals surface area (Å²) in [4.78, 5) is 12.0. The molecule has 4 heteroatoms. The van der Waals surface area contributed by atoms with Gasteiger partial charge in [0.25, 0.3) is 0 Å². The fourth-order valence-electron chi connectivity index (χ4n) is 2.79. The van der Waals surface area contributed by atoms with E-state index in [9.17, 15) is 4.79 Å². The summed E-state index contributed by atoms with van der Waals surface area (Å²) >= 11 is 0. The summed E-state index contributed by atoms with van der Waals surface area (Å²) in [5.74, 6) is 0.0767. The highest BCUT2D eigenvalue weighted by Crippen LogP contribution is 2.21. The van der Waals surface area contributed by atoms with Gasteiger partial charge in [-0.3, -0.25) is 4.79 Å². The van der Waals surface area contributed by atoms with Crippen molar-refractivity contribution in [3.8, 4) is 0 Å². The van der Waals surface area contributed by atoms with Crippen LogP contribution < -0.4 is 11.1 Å². The fraction of sp³-hybridized carbons (Fsp3) is 0.923. The van der Waals surface area contributed by atoms with E-state index in [4.69, 9.17) is 10.5 Å². The normalized spacial score (nSPS) is 31.1. The fourth-order valence-corrected chi connectivity index (χ4v) is 2.79. The molecule has 2 aliphatic rings. The first-order valence-electron chi connectivity index (χ1n) is 6.95. The molecule has 0 radical (unpaired) electrons. The molecule has 1 saturated heterocycles. The molecule has 0 spiro atoms. The summed E-state index contributed by atoms with van der Waals surface area (Å²) in [6, 6.07) is 0.366. The third-order valence-electron chi connectivity index (χ3n) is 3.86. The van der Waals surface area contributed by atoms with Crippen molar-refractivity contribution in [1.29, 1.82) is 0 Å². The van der Waals surface area contributed by atoms with E-state index >= 15 is 0 Å². The Hall–Kier alpha value is -0.610. The first-order chi connectivity index (χ1) is 8.29. The predicted octanol–water partition coefficient (Wildman–Crippen LogP) is 1.33. The van der Waals surface area contributed by atoms with Gasteiger partial charge in [0.1, 0.15) is 6.10 Å². The Bertz CT molecular complexity index is 250. The van der Waals surface area contributed by atoms with Gasteiger partial charge in [-0.05, 0) is 25.7 Å². The van der Waals surface area contributed by atoms with E-state index in [1.54, 1.807) is 0 Å². The average molecular weight is 240 g/mol. The Kier molecular flexibility index (Phi) is 4.80. The van der Waals surface area contributed by atoms with Gasteiger partial charge in [-0.2, -0.15) is 0 Å². The summed E-state index contributed by atoms with van der Waals surface area (Å²) < 4.78 is 5.61. The van der Waals surface area contributed by atoms with E-state index in [-0.39, 0.29) is 18.1 Å². The number of amides is 1. The first kappa shape index (κ1) is 12.8. The maximum atomic E-state index is 12.0. The van der Waals surface area contributed by atoms with Gasteiger partial charge in [0.15, 0.2) is 0 Å². The zero-order valence-electron chi connectivity index (χ0n) is 10.5. The quantitative estimate of drug-likeness (QED) is 0.732. The van der Waals surface area contributed by atoms with E-state index in [0.29, 0.717) is 12.6 Å². The van der Waals surface area contributed by atoms with E-state index in [1.165, 1.54) is 25.7 Å². The number of nitrogens with one attached hydrogen (secondary N) is 1. The van der Waals surface area contributed by atoms with Crippen LogP contribution >= 0.6 is 0 Å². The van der Waals surface area contributed by atoms with Crippen molar-refractivity contribution < 1.29 is 9.53 Å². The summed E-state index contributed by atoms with van der Waals surface area (Å²) in [7, 11) is 0. The molecule has 1 saturated carbocycles. The summed E-state index contributed by atoms with van der Waals surface area (Å²) in [5.41, 5.74) is 5.54. The van der Waals surface area contributed by atoms with Crippen molar-refractivity contribution in [2.24, 2.45) is 5.73 Å². The van der Waals surface area contributed by atoms with E-state index in [2.05, 4.69) is 5.32 Å². The van der Waals surface area contributed by atoms with Gasteiger partial charge in [-0.25, -0.2) is 0 Å². The second-order valence-electron chi connectivity index (χ2n) is 5.26. The molecule has 17 heavy (non-hydrogen) atoms. The lowest BCUT2D eigenvalue weighted by Gasteiger charge is -2.19. The zero-order valence-corrected chi connectivity index (χ0v) is 10.5. The average Bonchev–Trinajstić information content (AvgIpc) is 2.68. The number of rotatable bonds is 3. The van der Waals surface area contributed by atoms with Gasteiger partial charge >= 0.3 is 0 Å². The standard InChI is InChI=1S/C13H24N2O2/c14-9-11-7-8-12(17-11)13(16)15-10-5-3-1-2-4-6-10/h10-12H,1-9,14H2,(H,15,16). The smallest absolute Gasteiger partial charge is 0.249 e. The first-order valence-corrected chi connectivity index (χ1v) is 6.95. The molecule has 98 valence electrons. The molecule has 1 heterocycles. The van der Waals surface area contributed by atoms with Gasteiger partial charge in [0, 0.05) is 12.6 Å². The molecule has 2 fully saturated rings. The molecule has 4 nitrogen and oxygen atoms in total. The maximum Gasteiger partial charge on any atom is 0.249 e. The van der Waals surface area contributed by atoms with Crippen LogP contribution in [-0.2, 0) is 9.53 Å². The maximum absolute atomic E-state index is 12.0. The molecule has 2 unspecified atom stereocenters. The zero-order chi connectivity index (χ0) is 12.1. The Labute approximate surface area is 103 Å². The van der Waals surface area contributed by atoms with E-state index in [0.717, 1.165) is 25.7 Å². The molecular formula is C13H24N2O2. The Morgan fingerprint density at radius 2 is 1.82 bits per heavy atom. The molecule has 1 aliphatic carbocycles.